The smallest absolute Gasteiger partial charge is 0.0948 e. The number of rotatable bonds is 7. The van der Waals surface area contributed by atoms with Crippen LogP contribution in [0, 0.1) is 5.92 Å². The Morgan fingerprint density at radius 2 is 2.05 bits per heavy atom. The first-order chi connectivity index (χ1) is 9.70. The molecular formula is C16H23N3S. The van der Waals surface area contributed by atoms with E-state index in [0.29, 0.717) is 5.92 Å². The SMILES string of the molecule is CSCC(C)Cn1cncc1[C@H](N)Cc1ccccc1. The fourth-order valence-corrected chi connectivity index (χ4v) is 3.11. The van der Waals surface area contributed by atoms with E-state index in [-0.39, 0.29) is 6.04 Å². The summed E-state index contributed by atoms with van der Waals surface area (Å²) in [5, 5.41) is 0. The van der Waals surface area contributed by atoms with Crippen molar-refractivity contribution in [3.63, 3.8) is 0 Å². The number of hydrogen-bond acceptors (Lipinski definition) is 3. The van der Waals surface area contributed by atoms with Crippen LogP contribution in [0.5, 0.6) is 0 Å². The van der Waals surface area contributed by atoms with Crippen LogP contribution in [0.1, 0.15) is 24.2 Å². The number of nitrogens with zero attached hydrogens (tertiary/aromatic N) is 2. The molecule has 108 valence electrons. The Balaban J connectivity index is 2.03. The molecule has 0 aliphatic heterocycles. The molecule has 20 heavy (non-hydrogen) atoms. The van der Waals surface area contributed by atoms with Gasteiger partial charge in [-0.3, -0.25) is 0 Å². The van der Waals surface area contributed by atoms with Crippen LogP contribution in [0.3, 0.4) is 0 Å². The van der Waals surface area contributed by atoms with E-state index in [1.165, 1.54) is 5.56 Å². The molecule has 1 aromatic carbocycles. The second-order valence-electron chi connectivity index (χ2n) is 5.33. The van der Waals surface area contributed by atoms with E-state index >= 15 is 0 Å². The van der Waals surface area contributed by atoms with E-state index in [1.807, 2.05) is 30.4 Å². The van der Waals surface area contributed by atoms with Crippen LogP contribution in [0.4, 0.5) is 0 Å². The zero-order chi connectivity index (χ0) is 14.4. The van der Waals surface area contributed by atoms with Gasteiger partial charge >= 0.3 is 0 Å². The molecule has 4 heteroatoms. The fourth-order valence-electron chi connectivity index (χ4n) is 2.44. The predicted molar refractivity (Wildman–Crippen MR) is 86.8 cm³/mol. The molecule has 0 saturated carbocycles. The van der Waals surface area contributed by atoms with E-state index in [9.17, 15) is 0 Å². The third-order valence-corrected chi connectivity index (χ3v) is 4.28. The van der Waals surface area contributed by atoms with Gasteiger partial charge in [0.05, 0.1) is 18.1 Å². The largest absolute Gasteiger partial charge is 0.333 e. The van der Waals surface area contributed by atoms with Crippen molar-refractivity contribution in [2.45, 2.75) is 25.9 Å². The third-order valence-electron chi connectivity index (χ3n) is 3.38. The topological polar surface area (TPSA) is 43.8 Å². The van der Waals surface area contributed by atoms with Crippen LogP contribution < -0.4 is 5.73 Å². The van der Waals surface area contributed by atoms with Crippen molar-refractivity contribution >= 4 is 11.8 Å². The quantitative estimate of drug-likeness (QED) is 0.851. The molecule has 1 unspecified atom stereocenters. The number of benzene rings is 1. The van der Waals surface area contributed by atoms with Gasteiger partial charge in [0, 0.05) is 12.7 Å². The van der Waals surface area contributed by atoms with Crippen LogP contribution in [0.25, 0.3) is 0 Å². The highest BCUT2D eigenvalue weighted by Crippen LogP contribution is 2.18. The summed E-state index contributed by atoms with van der Waals surface area (Å²) in [6.07, 6.45) is 6.80. The van der Waals surface area contributed by atoms with E-state index in [2.05, 4.69) is 47.0 Å². The fraction of sp³-hybridized carbons (Fsp3) is 0.438. The van der Waals surface area contributed by atoms with Crippen molar-refractivity contribution in [2.75, 3.05) is 12.0 Å². The number of thioether (sulfide) groups is 1. The number of hydrogen-bond donors (Lipinski definition) is 1. The first kappa shape index (κ1) is 15.1. The Labute approximate surface area is 125 Å². The Bertz CT molecular complexity index is 509. The van der Waals surface area contributed by atoms with Gasteiger partial charge in [-0.25, -0.2) is 4.98 Å². The molecule has 2 atom stereocenters. The molecule has 0 saturated heterocycles. The van der Waals surface area contributed by atoms with Crippen LogP contribution in [0.15, 0.2) is 42.9 Å². The maximum Gasteiger partial charge on any atom is 0.0948 e. The molecule has 0 fully saturated rings. The second kappa shape index (κ2) is 7.50. The minimum absolute atomic E-state index is 0.00128. The van der Waals surface area contributed by atoms with Gasteiger partial charge in [-0.1, -0.05) is 37.3 Å². The Hall–Kier alpha value is -1.26. The van der Waals surface area contributed by atoms with Crippen molar-refractivity contribution < 1.29 is 0 Å². The van der Waals surface area contributed by atoms with Gasteiger partial charge in [0.2, 0.25) is 0 Å². The molecule has 0 radical (unpaired) electrons. The summed E-state index contributed by atoms with van der Waals surface area (Å²) in [7, 11) is 0. The number of nitrogens with two attached hydrogens (primary N) is 1. The lowest BCUT2D eigenvalue weighted by molar-refractivity contribution is 0.500. The van der Waals surface area contributed by atoms with Crippen molar-refractivity contribution in [1.29, 1.82) is 0 Å². The van der Waals surface area contributed by atoms with E-state index in [1.54, 1.807) is 0 Å². The zero-order valence-corrected chi connectivity index (χ0v) is 13.0. The molecular weight excluding hydrogens is 266 g/mol. The van der Waals surface area contributed by atoms with Crippen LogP contribution in [-0.2, 0) is 13.0 Å². The van der Waals surface area contributed by atoms with E-state index < -0.39 is 0 Å². The van der Waals surface area contributed by atoms with Gasteiger partial charge in [-0.05, 0) is 29.9 Å². The standard InChI is InChI=1S/C16H23N3S/c1-13(11-20-2)10-19-12-18-9-16(19)15(17)8-14-6-4-3-5-7-14/h3-7,9,12-13,15H,8,10-11,17H2,1-2H3/t13?,15-/m1/s1. The summed E-state index contributed by atoms with van der Waals surface area (Å²) in [5.41, 5.74) is 8.75. The predicted octanol–water partition coefficient (Wildman–Crippen LogP) is 3.12. The maximum atomic E-state index is 6.36. The van der Waals surface area contributed by atoms with Gasteiger partial charge < -0.3 is 10.3 Å². The molecule has 0 aliphatic rings. The minimum atomic E-state index is 0.00128. The molecule has 2 N–H and O–H groups in total. The van der Waals surface area contributed by atoms with Gasteiger partial charge in [0.1, 0.15) is 0 Å². The highest BCUT2D eigenvalue weighted by molar-refractivity contribution is 7.98. The first-order valence-corrected chi connectivity index (χ1v) is 8.38. The summed E-state index contributed by atoms with van der Waals surface area (Å²) in [4.78, 5) is 4.27. The molecule has 0 amide bonds. The zero-order valence-electron chi connectivity index (χ0n) is 12.2. The van der Waals surface area contributed by atoms with Crippen molar-refractivity contribution in [2.24, 2.45) is 11.7 Å². The summed E-state index contributed by atoms with van der Waals surface area (Å²) < 4.78 is 2.20. The number of aromatic nitrogens is 2. The lowest BCUT2D eigenvalue weighted by atomic mass is 10.0. The monoisotopic (exact) mass is 289 g/mol. The molecule has 2 rings (SSSR count). The average Bonchev–Trinajstić information content (AvgIpc) is 2.88. The summed E-state index contributed by atoms with van der Waals surface area (Å²) in [6, 6.07) is 10.4. The summed E-state index contributed by atoms with van der Waals surface area (Å²) >= 11 is 1.88. The van der Waals surface area contributed by atoms with Gasteiger partial charge in [-0.2, -0.15) is 11.8 Å². The normalized spacial score (nSPS) is 14.2. The van der Waals surface area contributed by atoms with Gasteiger partial charge in [0.15, 0.2) is 0 Å². The molecule has 1 heterocycles. The minimum Gasteiger partial charge on any atom is -0.333 e. The highest BCUT2D eigenvalue weighted by Gasteiger charge is 2.13. The van der Waals surface area contributed by atoms with Crippen molar-refractivity contribution in [3.8, 4) is 0 Å². The van der Waals surface area contributed by atoms with Crippen molar-refractivity contribution in [1.82, 2.24) is 9.55 Å². The molecule has 2 aromatic rings. The average molecular weight is 289 g/mol. The summed E-state index contributed by atoms with van der Waals surface area (Å²) in [5.74, 6) is 1.79. The van der Waals surface area contributed by atoms with Crippen LogP contribution in [0.2, 0.25) is 0 Å². The van der Waals surface area contributed by atoms with Gasteiger partial charge in [0.25, 0.3) is 0 Å². The maximum absolute atomic E-state index is 6.36. The summed E-state index contributed by atoms with van der Waals surface area (Å²) in [6.45, 7) is 3.25. The second-order valence-corrected chi connectivity index (χ2v) is 6.24. The van der Waals surface area contributed by atoms with E-state index in [0.717, 1.165) is 24.4 Å². The van der Waals surface area contributed by atoms with E-state index in [4.69, 9.17) is 5.73 Å². The van der Waals surface area contributed by atoms with Crippen LogP contribution >= 0.6 is 11.8 Å². The Kier molecular flexibility index (Phi) is 5.68. The molecule has 0 aliphatic carbocycles. The molecule has 1 aromatic heterocycles. The lowest BCUT2D eigenvalue weighted by Gasteiger charge is -2.17. The first-order valence-electron chi connectivity index (χ1n) is 6.99. The van der Waals surface area contributed by atoms with Gasteiger partial charge in [-0.15, -0.1) is 0 Å². The Morgan fingerprint density at radius 1 is 1.30 bits per heavy atom. The van der Waals surface area contributed by atoms with Crippen LogP contribution in [-0.4, -0.2) is 21.6 Å². The molecule has 0 spiro atoms. The Morgan fingerprint density at radius 3 is 2.75 bits per heavy atom. The highest BCUT2D eigenvalue weighted by atomic mass is 32.2. The van der Waals surface area contributed by atoms with Crippen molar-refractivity contribution in [3.05, 3.63) is 54.1 Å². The molecule has 0 bridgehead atoms. The molecule has 3 nitrogen and oxygen atoms in total. The third kappa shape index (κ3) is 4.12. The number of imidazole rings is 1. The lowest BCUT2D eigenvalue weighted by Crippen LogP contribution is -2.20.